The van der Waals surface area contributed by atoms with Crippen LogP contribution in [0.5, 0.6) is 5.75 Å². The molecule has 4 atom stereocenters. The lowest BCUT2D eigenvalue weighted by molar-refractivity contribution is -0.142. The molecule has 1 rings (SSSR count). The third-order valence-electron chi connectivity index (χ3n) is 3.12. The first-order valence-electron chi connectivity index (χ1n) is 7.37. The molecule has 24 heavy (non-hydrogen) atoms. The highest BCUT2D eigenvalue weighted by Gasteiger charge is 2.33. The molecule has 0 spiro atoms. The van der Waals surface area contributed by atoms with Crippen LogP contribution in [0.3, 0.4) is 0 Å². The maximum Gasteiger partial charge on any atom is 0.459 e. The van der Waals surface area contributed by atoms with Gasteiger partial charge in [-0.2, -0.15) is 5.09 Å². The first kappa shape index (κ1) is 20.6. The van der Waals surface area contributed by atoms with Gasteiger partial charge < -0.3 is 19.1 Å². The minimum Gasteiger partial charge on any atom is -0.468 e. The highest BCUT2D eigenvalue weighted by molar-refractivity contribution is 7.52. The summed E-state index contributed by atoms with van der Waals surface area (Å²) in [5.74, 6) is -0.314. The second-order valence-electron chi connectivity index (χ2n) is 5.09. The van der Waals surface area contributed by atoms with Crippen LogP contribution in [0.25, 0.3) is 0 Å². The summed E-state index contributed by atoms with van der Waals surface area (Å²) in [5.41, 5.74) is 0. The Labute approximate surface area is 141 Å². The summed E-state index contributed by atoms with van der Waals surface area (Å²) in [6.07, 6.45) is -1.54. The van der Waals surface area contributed by atoms with Gasteiger partial charge in [0, 0.05) is 7.11 Å². The first-order valence-corrected chi connectivity index (χ1v) is 8.91. The predicted octanol–water partition coefficient (Wildman–Crippen LogP) is 1.74. The molecule has 1 unspecified atom stereocenters. The molecule has 0 bridgehead atoms. The van der Waals surface area contributed by atoms with Gasteiger partial charge in [-0.25, -0.2) is 4.57 Å². The number of nitrogens with one attached hydrogen (secondary N) is 1. The SMILES string of the molecule is COC(=O)[C@H](C)NP(=O)(OC[C@@H](OC)[C@H](C)O)Oc1ccccc1. The van der Waals surface area contributed by atoms with E-state index in [-0.39, 0.29) is 6.61 Å². The maximum atomic E-state index is 13.0. The fourth-order valence-corrected chi connectivity index (χ4v) is 3.25. The predicted molar refractivity (Wildman–Crippen MR) is 87.7 cm³/mol. The van der Waals surface area contributed by atoms with Crippen LogP contribution in [0.4, 0.5) is 0 Å². The molecule has 0 radical (unpaired) electrons. The number of hydrogen-bond acceptors (Lipinski definition) is 7. The van der Waals surface area contributed by atoms with Gasteiger partial charge in [0.05, 0.1) is 19.8 Å². The van der Waals surface area contributed by atoms with Crippen molar-refractivity contribution in [3.05, 3.63) is 30.3 Å². The standard InChI is InChI=1S/C15H24NO7P/c1-11(15(18)21-4)16-24(19,22-10-14(20-3)12(2)17)23-13-8-6-5-7-9-13/h5-9,11-12,14,17H,10H2,1-4H3,(H,16,19)/t11-,12-,14+,24?/m0/s1. The second kappa shape index (κ2) is 9.76. The molecule has 2 N–H and O–H groups in total. The molecule has 0 heterocycles. The summed E-state index contributed by atoms with van der Waals surface area (Å²) in [6.45, 7) is 2.79. The minimum absolute atomic E-state index is 0.195. The van der Waals surface area contributed by atoms with Crippen LogP contribution in [0, 0.1) is 0 Å². The molecule has 8 nitrogen and oxygen atoms in total. The lowest BCUT2D eigenvalue weighted by Gasteiger charge is -2.25. The van der Waals surface area contributed by atoms with E-state index in [1.54, 1.807) is 30.3 Å². The van der Waals surface area contributed by atoms with Crippen molar-refractivity contribution in [1.82, 2.24) is 5.09 Å². The number of para-hydroxylation sites is 1. The van der Waals surface area contributed by atoms with E-state index in [1.165, 1.54) is 28.1 Å². The lowest BCUT2D eigenvalue weighted by atomic mass is 10.2. The van der Waals surface area contributed by atoms with Gasteiger partial charge >= 0.3 is 13.7 Å². The van der Waals surface area contributed by atoms with Gasteiger partial charge in [0.1, 0.15) is 17.9 Å². The van der Waals surface area contributed by atoms with Crippen LogP contribution in [-0.2, 0) is 23.4 Å². The maximum absolute atomic E-state index is 13.0. The Bertz CT molecular complexity index is 552. The van der Waals surface area contributed by atoms with Crippen LogP contribution in [-0.4, -0.2) is 50.2 Å². The van der Waals surface area contributed by atoms with E-state index in [2.05, 4.69) is 9.82 Å². The van der Waals surface area contributed by atoms with E-state index < -0.39 is 32.0 Å². The van der Waals surface area contributed by atoms with E-state index in [0.29, 0.717) is 5.75 Å². The highest BCUT2D eigenvalue weighted by atomic mass is 31.2. The Morgan fingerprint density at radius 2 is 1.88 bits per heavy atom. The number of ether oxygens (including phenoxy) is 2. The molecule has 9 heteroatoms. The lowest BCUT2D eigenvalue weighted by Crippen LogP contribution is -2.36. The number of carbonyl (C=O) groups excluding carboxylic acids is 1. The van der Waals surface area contributed by atoms with Gasteiger partial charge in [-0.1, -0.05) is 18.2 Å². The number of esters is 1. The molecule has 1 aromatic carbocycles. The topological polar surface area (TPSA) is 103 Å². The second-order valence-corrected chi connectivity index (χ2v) is 6.78. The molecule has 0 aliphatic rings. The van der Waals surface area contributed by atoms with Crippen molar-refractivity contribution >= 4 is 13.7 Å². The van der Waals surface area contributed by atoms with Crippen LogP contribution >= 0.6 is 7.75 Å². The third kappa shape index (κ3) is 6.59. The quantitative estimate of drug-likeness (QED) is 0.480. The van der Waals surface area contributed by atoms with E-state index in [0.717, 1.165) is 0 Å². The van der Waals surface area contributed by atoms with E-state index in [1.807, 2.05) is 0 Å². The number of hydrogen-bond donors (Lipinski definition) is 2. The molecule has 0 aliphatic heterocycles. The summed E-state index contributed by atoms with van der Waals surface area (Å²) in [4.78, 5) is 11.6. The highest BCUT2D eigenvalue weighted by Crippen LogP contribution is 2.45. The van der Waals surface area contributed by atoms with Gasteiger partial charge in [-0.15, -0.1) is 0 Å². The van der Waals surface area contributed by atoms with Crippen molar-refractivity contribution in [2.45, 2.75) is 32.1 Å². The number of aliphatic hydroxyl groups excluding tert-OH is 1. The Hall–Kier alpha value is -1.44. The number of carbonyl (C=O) groups is 1. The molecule has 0 aliphatic carbocycles. The molecular formula is C15H24NO7P. The molecule has 0 fully saturated rings. The van der Waals surface area contributed by atoms with Crippen LogP contribution < -0.4 is 9.61 Å². The zero-order valence-electron chi connectivity index (χ0n) is 14.2. The number of rotatable bonds is 10. The van der Waals surface area contributed by atoms with Crippen molar-refractivity contribution in [3.63, 3.8) is 0 Å². The average molecular weight is 361 g/mol. The van der Waals surface area contributed by atoms with E-state index in [4.69, 9.17) is 13.8 Å². The fourth-order valence-electron chi connectivity index (χ4n) is 1.75. The molecule has 1 aromatic rings. The number of methoxy groups -OCH3 is 2. The van der Waals surface area contributed by atoms with E-state index in [9.17, 15) is 14.5 Å². The molecule has 0 amide bonds. The minimum atomic E-state index is -3.91. The summed E-state index contributed by atoms with van der Waals surface area (Å²) < 4.78 is 33.4. The molecule has 0 aromatic heterocycles. The smallest absolute Gasteiger partial charge is 0.459 e. The zero-order valence-corrected chi connectivity index (χ0v) is 15.1. The van der Waals surface area contributed by atoms with Crippen molar-refractivity contribution in [3.8, 4) is 5.75 Å². The van der Waals surface area contributed by atoms with Crippen molar-refractivity contribution in [2.24, 2.45) is 0 Å². The van der Waals surface area contributed by atoms with Gasteiger partial charge in [0.15, 0.2) is 0 Å². The average Bonchev–Trinajstić information content (AvgIpc) is 2.55. The Balaban J connectivity index is 2.89. The third-order valence-corrected chi connectivity index (χ3v) is 4.77. The Kier molecular flexibility index (Phi) is 8.38. The number of benzene rings is 1. The molecule has 136 valence electrons. The van der Waals surface area contributed by atoms with Crippen molar-refractivity contribution in [2.75, 3.05) is 20.8 Å². The molecule has 0 saturated heterocycles. The monoisotopic (exact) mass is 361 g/mol. The summed E-state index contributed by atoms with van der Waals surface area (Å²) in [5, 5.41) is 12.1. The molecule has 0 saturated carbocycles. The first-order chi connectivity index (χ1) is 11.3. The van der Waals surface area contributed by atoms with Gasteiger partial charge in [-0.05, 0) is 26.0 Å². The van der Waals surface area contributed by atoms with Crippen LogP contribution in [0.2, 0.25) is 0 Å². The normalized spacial score (nSPS) is 17.4. The Morgan fingerprint density at radius 1 is 1.25 bits per heavy atom. The molecular weight excluding hydrogens is 337 g/mol. The largest absolute Gasteiger partial charge is 0.468 e. The van der Waals surface area contributed by atoms with Gasteiger partial charge in [0.2, 0.25) is 0 Å². The van der Waals surface area contributed by atoms with Crippen molar-refractivity contribution in [1.29, 1.82) is 0 Å². The number of aliphatic hydroxyl groups is 1. The van der Waals surface area contributed by atoms with Crippen LogP contribution in [0.1, 0.15) is 13.8 Å². The summed E-state index contributed by atoms with van der Waals surface area (Å²) >= 11 is 0. The zero-order chi connectivity index (χ0) is 18.2. The van der Waals surface area contributed by atoms with E-state index >= 15 is 0 Å². The van der Waals surface area contributed by atoms with Crippen molar-refractivity contribution < 1.29 is 33.0 Å². The van der Waals surface area contributed by atoms with Crippen LogP contribution in [0.15, 0.2) is 30.3 Å². The Morgan fingerprint density at radius 3 is 2.38 bits per heavy atom. The summed E-state index contributed by atoms with van der Waals surface area (Å²) in [7, 11) is -1.30. The van der Waals surface area contributed by atoms with Gasteiger partial charge in [0.25, 0.3) is 0 Å². The summed E-state index contributed by atoms with van der Waals surface area (Å²) in [6, 6.07) is 7.47. The van der Waals surface area contributed by atoms with Gasteiger partial charge in [-0.3, -0.25) is 9.32 Å². The fraction of sp³-hybridized carbons (Fsp3) is 0.533.